The van der Waals surface area contributed by atoms with Gasteiger partial charge in [0.05, 0.1) is 4.90 Å². The van der Waals surface area contributed by atoms with Gasteiger partial charge < -0.3 is 5.11 Å². The second-order valence-electron chi connectivity index (χ2n) is 5.39. The second-order valence-corrected chi connectivity index (χ2v) is 7.41. The third kappa shape index (κ3) is 2.68. The molecule has 3 nitrogen and oxygen atoms in total. The van der Waals surface area contributed by atoms with Gasteiger partial charge in [0.25, 0.3) is 0 Å². The maximum atomic E-state index is 14.5. The van der Waals surface area contributed by atoms with E-state index in [0.29, 0.717) is 5.39 Å². The number of sulfone groups is 1. The van der Waals surface area contributed by atoms with E-state index in [0.717, 1.165) is 17.5 Å². The van der Waals surface area contributed by atoms with Crippen molar-refractivity contribution in [2.24, 2.45) is 0 Å². The van der Waals surface area contributed by atoms with Gasteiger partial charge in [-0.1, -0.05) is 54.6 Å². The first-order chi connectivity index (χ1) is 11.3. The van der Waals surface area contributed by atoms with E-state index in [2.05, 4.69) is 0 Å². The Labute approximate surface area is 138 Å². The molecule has 0 spiro atoms. The molecule has 0 aliphatic carbocycles. The molecule has 3 rings (SSSR count). The molecule has 0 bridgehead atoms. The summed E-state index contributed by atoms with van der Waals surface area (Å²) in [6.07, 6.45) is -2.47. The van der Waals surface area contributed by atoms with Crippen molar-refractivity contribution in [3.05, 3.63) is 78.4 Å². The first kappa shape index (κ1) is 16.5. The number of hydrogen-bond donors (Lipinski definition) is 1. The molecule has 0 aromatic heterocycles. The van der Waals surface area contributed by atoms with Crippen LogP contribution in [0, 0.1) is 0 Å². The third-order valence-corrected chi connectivity index (χ3v) is 5.65. The van der Waals surface area contributed by atoms with Crippen molar-refractivity contribution in [1.82, 2.24) is 0 Å². The van der Waals surface area contributed by atoms with Gasteiger partial charge in [0.15, 0.2) is 6.10 Å². The lowest BCUT2D eigenvalue weighted by molar-refractivity contribution is -0.0434. The summed E-state index contributed by atoms with van der Waals surface area (Å²) < 4.78 is 53.5. The van der Waals surface area contributed by atoms with Gasteiger partial charge >= 0.3 is 5.25 Å². The van der Waals surface area contributed by atoms with E-state index in [1.165, 1.54) is 30.3 Å². The van der Waals surface area contributed by atoms with Gasteiger partial charge in [-0.3, -0.25) is 0 Å². The third-order valence-electron chi connectivity index (χ3n) is 3.82. The summed E-state index contributed by atoms with van der Waals surface area (Å²) in [6, 6.07) is 17.7. The van der Waals surface area contributed by atoms with Crippen LogP contribution >= 0.6 is 0 Å². The zero-order chi connectivity index (χ0) is 17.4. The molecule has 1 atom stereocenters. The number of aliphatic hydroxyl groups is 1. The van der Waals surface area contributed by atoms with E-state index in [1.54, 1.807) is 30.3 Å². The molecule has 24 heavy (non-hydrogen) atoms. The lowest BCUT2D eigenvalue weighted by Gasteiger charge is -2.23. The number of aliphatic hydroxyl groups excluding tert-OH is 1. The van der Waals surface area contributed by atoms with Crippen LogP contribution in [0.15, 0.2) is 77.7 Å². The minimum Gasteiger partial charge on any atom is -0.381 e. The van der Waals surface area contributed by atoms with E-state index in [1.807, 2.05) is 0 Å². The molecule has 3 aromatic carbocycles. The monoisotopic (exact) mass is 348 g/mol. The molecular formula is C18H14F2O3S. The summed E-state index contributed by atoms with van der Waals surface area (Å²) in [4.78, 5) is -0.533. The molecule has 0 aliphatic rings. The zero-order valence-corrected chi connectivity index (χ0v) is 13.2. The molecule has 1 unspecified atom stereocenters. The van der Waals surface area contributed by atoms with Crippen LogP contribution in [0.4, 0.5) is 8.78 Å². The van der Waals surface area contributed by atoms with Crippen molar-refractivity contribution in [2.45, 2.75) is 16.3 Å². The Kier molecular flexibility index (Phi) is 4.11. The quantitative estimate of drug-likeness (QED) is 0.777. The molecule has 0 saturated heterocycles. The summed E-state index contributed by atoms with van der Waals surface area (Å²) in [6.45, 7) is 0. The maximum Gasteiger partial charge on any atom is 0.379 e. The summed E-state index contributed by atoms with van der Waals surface area (Å²) in [5.74, 6) is 0. The Bertz CT molecular complexity index is 970. The fourth-order valence-electron chi connectivity index (χ4n) is 2.48. The molecule has 0 heterocycles. The predicted molar refractivity (Wildman–Crippen MR) is 87.5 cm³/mol. The van der Waals surface area contributed by atoms with E-state index in [9.17, 15) is 22.3 Å². The standard InChI is InChI=1S/C18H14F2O3S/c19-18(20,24(22,23)16-8-2-1-3-9-16)17(21)15-11-10-13-6-4-5-7-14(13)12-15/h1-12,17,21H. The van der Waals surface area contributed by atoms with Crippen LogP contribution in [0.3, 0.4) is 0 Å². The molecule has 0 aliphatic heterocycles. The lowest BCUT2D eigenvalue weighted by Crippen LogP contribution is -2.35. The SMILES string of the molecule is O=S(=O)(c1ccccc1)C(F)(F)C(O)c1ccc2ccccc2c1. The van der Waals surface area contributed by atoms with Gasteiger partial charge in [-0.15, -0.1) is 0 Å². The molecule has 1 N–H and O–H groups in total. The second kappa shape index (κ2) is 5.96. The Morgan fingerprint density at radius 1 is 0.833 bits per heavy atom. The first-order valence-electron chi connectivity index (χ1n) is 7.18. The molecule has 6 heteroatoms. The average molecular weight is 348 g/mol. The number of alkyl halides is 2. The van der Waals surface area contributed by atoms with Crippen molar-refractivity contribution in [3.8, 4) is 0 Å². The fourth-order valence-corrected chi connectivity index (χ4v) is 3.74. The van der Waals surface area contributed by atoms with Crippen molar-refractivity contribution in [1.29, 1.82) is 0 Å². The topological polar surface area (TPSA) is 54.4 Å². The van der Waals surface area contributed by atoms with Crippen LogP contribution in [-0.2, 0) is 9.84 Å². The largest absolute Gasteiger partial charge is 0.381 e. The fraction of sp³-hybridized carbons (Fsp3) is 0.111. The van der Waals surface area contributed by atoms with Gasteiger partial charge in [0.2, 0.25) is 9.84 Å². The van der Waals surface area contributed by atoms with Crippen molar-refractivity contribution < 1.29 is 22.3 Å². The Morgan fingerprint density at radius 2 is 1.42 bits per heavy atom. The van der Waals surface area contributed by atoms with Crippen LogP contribution in [0.5, 0.6) is 0 Å². The molecule has 0 fully saturated rings. The molecular weight excluding hydrogens is 334 g/mol. The first-order valence-corrected chi connectivity index (χ1v) is 8.66. The van der Waals surface area contributed by atoms with E-state index < -0.39 is 26.1 Å². The van der Waals surface area contributed by atoms with Crippen LogP contribution in [0.2, 0.25) is 0 Å². The van der Waals surface area contributed by atoms with E-state index in [4.69, 9.17) is 0 Å². The summed E-state index contributed by atoms with van der Waals surface area (Å²) >= 11 is 0. The summed E-state index contributed by atoms with van der Waals surface area (Å²) in [5, 5.41) is 7.17. The number of fused-ring (bicyclic) bond motifs is 1. The highest BCUT2D eigenvalue weighted by molar-refractivity contribution is 7.92. The lowest BCUT2D eigenvalue weighted by atomic mass is 10.0. The minimum absolute atomic E-state index is 0.154. The van der Waals surface area contributed by atoms with Crippen molar-refractivity contribution in [2.75, 3.05) is 0 Å². The minimum atomic E-state index is -5.02. The molecule has 3 aromatic rings. The van der Waals surface area contributed by atoms with Crippen molar-refractivity contribution >= 4 is 20.6 Å². The van der Waals surface area contributed by atoms with Crippen LogP contribution in [0.1, 0.15) is 11.7 Å². The number of hydrogen-bond acceptors (Lipinski definition) is 3. The molecule has 0 radical (unpaired) electrons. The summed E-state index contributed by atoms with van der Waals surface area (Å²) in [5.41, 5.74) is -0.154. The average Bonchev–Trinajstić information content (AvgIpc) is 2.61. The highest BCUT2D eigenvalue weighted by Crippen LogP contribution is 2.40. The van der Waals surface area contributed by atoms with Crippen LogP contribution in [-0.4, -0.2) is 18.8 Å². The number of benzene rings is 3. The molecule has 124 valence electrons. The summed E-state index contributed by atoms with van der Waals surface area (Å²) in [7, 11) is -5.02. The van der Waals surface area contributed by atoms with Crippen LogP contribution in [0.25, 0.3) is 10.8 Å². The number of halogens is 2. The van der Waals surface area contributed by atoms with E-state index >= 15 is 0 Å². The normalized spacial score (nSPS) is 13.8. The van der Waals surface area contributed by atoms with Gasteiger partial charge in [0, 0.05) is 0 Å². The smallest absolute Gasteiger partial charge is 0.379 e. The molecule has 0 amide bonds. The van der Waals surface area contributed by atoms with Crippen molar-refractivity contribution in [3.63, 3.8) is 0 Å². The number of rotatable bonds is 4. The predicted octanol–water partition coefficient (Wildman–Crippen LogP) is 3.94. The van der Waals surface area contributed by atoms with Gasteiger partial charge in [-0.05, 0) is 34.5 Å². The van der Waals surface area contributed by atoms with Gasteiger partial charge in [-0.25, -0.2) is 8.42 Å². The van der Waals surface area contributed by atoms with Gasteiger partial charge in [0.1, 0.15) is 0 Å². The Morgan fingerprint density at radius 3 is 2.08 bits per heavy atom. The highest BCUT2D eigenvalue weighted by Gasteiger charge is 2.53. The highest BCUT2D eigenvalue weighted by atomic mass is 32.2. The zero-order valence-electron chi connectivity index (χ0n) is 12.4. The van der Waals surface area contributed by atoms with Crippen LogP contribution < -0.4 is 0 Å². The molecule has 0 saturated carbocycles. The van der Waals surface area contributed by atoms with Gasteiger partial charge in [-0.2, -0.15) is 8.78 Å². The Balaban J connectivity index is 2.04. The Hall–Kier alpha value is -2.31. The van der Waals surface area contributed by atoms with E-state index in [-0.39, 0.29) is 5.56 Å². The maximum absolute atomic E-state index is 14.5.